The normalized spacial score (nSPS) is 12.1. The van der Waals surface area contributed by atoms with Crippen molar-refractivity contribution in [1.29, 1.82) is 0 Å². The lowest BCUT2D eigenvalue weighted by Gasteiger charge is -2.05. The first-order chi connectivity index (χ1) is 24.2. The van der Waals surface area contributed by atoms with Crippen LogP contribution >= 0.6 is 11.3 Å². The van der Waals surface area contributed by atoms with Gasteiger partial charge in [-0.2, -0.15) is 0 Å². The summed E-state index contributed by atoms with van der Waals surface area (Å²) in [5.41, 5.74) is 4.75. The number of hydrogen-bond donors (Lipinski definition) is 0. The van der Waals surface area contributed by atoms with Gasteiger partial charge in [0.25, 0.3) is 0 Å². The van der Waals surface area contributed by atoms with Gasteiger partial charge < -0.3 is 4.42 Å². The standard InChI is InChI=1S/C47H62OS/c1-3-4-5-6-7-8-9-10-11-12-13-14-15-16-17-18-19-20-21-22-23-24-25-37-27-33-45-43(35-37)41-31-28-38-40(47(41)49-45)30-29-39-42-34-36(2)26-32-44(42)48-46(38)39/h26-35H,3-25H2,1-2H3. The fourth-order valence-electron chi connectivity index (χ4n) is 8.13. The molecule has 2 heterocycles. The molecule has 0 bridgehead atoms. The maximum Gasteiger partial charge on any atom is 0.143 e. The minimum atomic E-state index is 0.976. The second-order valence-electron chi connectivity index (χ2n) is 15.2. The third kappa shape index (κ3) is 9.69. The Morgan fingerprint density at radius 2 is 0.939 bits per heavy atom. The zero-order valence-corrected chi connectivity index (χ0v) is 31.7. The molecule has 4 aromatic carbocycles. The van der Waals surface area contributed by atoms with Crippen LogP contribution in [0.4, 0.5) is 0 Å². The van der Waals surface area contributed by atoms with E-state index >= 15 is 0 Å². The summed E-state index contributed by atoms with van der Waals surface area (Å²) in [7, 11) is 0. The lowest BCUT2D eigenvalue weighted by molar-refractivity contribution is 0.519. The Morgan fingerprint density at radius 1 is 0.449 bits per heavy atom. The molecule has 2 heteroatoms. The Bertz CT molecular complexity index is 1890. The first-order valence-corrected chi connectivity index (χ1v) is 21.2. The fraction of sp³-hybridized carbons (Fsp3) is 0.532. The van der Waals surface area contributed by atoms with Gasteiger partial charge in [0.2, 0.25) is 0 Å². The molecule has 0 aliphatic carbocycles. The minimum Gasteiger partial charge on any atom is -0.455 e. The Kier molecular flexibility index (Phi) is 13.9. The van der Waals surface area contributed by atoms with Crippen LogP contribution in [0.1, 0.15) is 159 Å². The number of benzene rings is 4. The van der Waals surface area contributed by atoms with Crippen molar-refractivity contribution in [2.24, 2.45) is 0 Å². The summed E-state index contributed by atoms with van der Waals surface area (Å²) in [5.74, 6) is 0. The molecule has 0 N–H and O–H groups in total. The SMILES string of the molecule is CCCCCCCCCCCCCCCCCCCCCCCCc1ccc2sc3c(ccc4c3ccc3c5cc(C)ccc5oc34)c2c1. The minimum absolute atomic E-state index is 0.976. The topological polar surface area (TPSA) is 13.1 Å². The number of aryl methyl sites for hydroxylation is 2. The van der Waals surface area contributed by atoms with Crippen LogP contribution < -0.4 is 0 Å². The van der Waals surface area contributed by atoms with Crippen LogP contribution in [0.15, 0.2) is 65.1 Å². The van der Waals surface area contributed by atoms with Crippen LogP contribution in [0.2, 0.25) is 0 Å². The highest BCUT2D eigenvalue weighted by molar-refractivity contribution is 7.26. The summed E-state index contributed by atoms with van der Waals surface area (Å²) in [4.78, 5) is 0. The smallest absolute Gasteiger partial charge is 0.143 e. The maximum absolute atomic E-state index is 6.40. The number of furan rings is 1. The van der Waals surface area contributed by atoms with Gasteiger partial charge in [0.05, 0.1) is 0 Å². The van der Waals surface area contributed by atoms with E-state index in [9.17, 15) is 0 Å². The van der Waals surface area contributed by atoms with E-state index in [-0.39, 0.29) is 0 Å². The molecular weight excluding hydrogens is 613 g/mol. The molecule has 0 radical (unpaired) electrons. The molecule has 0 fully saturated rings. The molecule has 0 aliphatic rings. The third-order valence-electron chi connectivity index (χ3n) is 11.1. The second kappa shape index (κ2) is 19.0. The van der Waals surface area contributed by atoms with E-state index in [0.29, 0.717) is 0 Å². The Labute approximate surface area is 300 Å². The molecule has 0 saturated heterocycles. The summed E-state index contributed by atoms with van der Waals surface area (Å²) >= 11 is 1.93. The highest BCUT2D eigenvalue weighted by Gasteiger charge is 2.15. The van der Waals surface area contributed by atoms with Gasteiger partial charge in [-0.1, -0.05) is 172 Å². The van der Waals surface area contributed by atoms with Gasteiger partial charge in [0, 0.05) is 41.7 Å². The molecule has 0 spiro atoms. The summed E-state index contributed by atoms with van der Waals surface area (Å²) < 4.78 is 9.17. The predicted molar refractivity (Wildman–Crippen MR) is 220 cm³/mol. The maximum atomic E-state index is 6.40. The molecule has 2 aromatic heterocycles. The van der Waals surface area contributed by atoms with Crippen LogP contribution in [0, 0.1) is 6.92 Å². The number of unbranched alkanes of at least 4 members (excludes halogenated alkanes) is 21. The monoisotopic (exact) mass is 674 g/mol. The molecule has 6 aromatic rings. The van der Waals surface area contributed by atoms with Crippen LogP contribution in [-0.4, -0.2) is 0 Å². The zero-order chi connectivity index (χ0) is 33.7. The van der Waals surface area contributed by atoms with Gasteiger partial charge in [-0.3, -0.25) is 0 Å². The molecule has 6 rings (SSSR count). The first kappa shape index (κ1) is 36.0. The number of rotatable bonds is 23. The van der Waals surface area contributed by atoms with Crippen molar-refractivity contribution in [2.75, 3.05) is 0 Å². The van der Waals surface area contributed by atoms with Gasteiger partial charge in [-0.15, -0.1) is 11.3 Å². The van der Waals surface area contributed by atoms with Crippen molar-refractivity contribution in [3.8, 4) is 0 Å². The second-order valence-corrected chi connectivity index (χ2v) is 16.2. The number of hydrogen-bond acceptors (Lipinski definition) is 2. The summed E-state index contributed by atoms with van der Waals surface area (Å²) in [6, 6.07) is 22.9. The average Bonchev–Trinajstić information content (AvgIpc) is 3.68. The van der Waals surface area contributed by atoms with Gasteiger partial charge >= 0.3 is 0 Å². The van der Waals surface area contributed by atoms with Crippen LogP contribution in [0.25, 0.3) is 52.9 Å². The fourth-order valence-corrected chi connectivity index (χ4v) is 9.34. The van der Waals surface area contributed by atoms with Crippen LogP contribution in [0.5, 0.6) is 0 Å². The van der Waals surface area contributed by atoms with Crippen molar-refractivity contribution in [3.63, 3.8) is 0 Å². The Balaban J connectivity index is 0.841. The first-order valence-electron chi connectivity index (χ1n) is 20.4. The van der Waals surface area contributed by atoms with Crippen LogP contribution in [-0.2, 0) is 6.42 Å². The van der Waals surface area contributed by atoms with E-state index in [1.807, 2.05) is 11.3 Å². The van der Waals surface area contributed by atoms with E-state index in [1.54, 1.807) is 0 Å². The van der Waals surface area contributed by atoms with E-state index in [1.165, 1.54) is 201 Å². The number of fused-ring (bicyclic) bond motifs is 9. The predicted octanol–water partition coefficient (Wildman–Crippen LogP) is 16.6. The largest absolute Gasteiger partial charge is 0.455 e. The van der Waals surface area contributed by atoms with Gasteiger partial charge in [0.15, 0.2) is 0 Å². The van der Waals surface area contributed by atoms with Crippen molar-refractivity contribution in [2.45, 2.75) is 162 Å². The van der Waals surface area contributed by atoms with E-state index < -0.39 is 0 Å². The molecule has 0 unspecified atom stereocenters. The molecule has 0 aliphatic heterocycles. The lowest BCUT2D eigenvalue weighted by atomic mass is 10.0. The van der Waals surface area contributed by atoms with Gasteiger partial charge in [-0.05, 0) is 61.7 Å². The van der Waals surface area contributed by atoms with Crippen LogP contribution in [0.3, 0.4) is 0 Å². The van der Waals surface area contributed by atoms with E-state index in [0.717, 1.165) is 11.2 Å². The van der Waals surface area contributed by atoms with Crippen molar-refractivity contribution >= 4 is 64.2 Å². The van der Waals surface area contributed by atoms with Crippen molar-refractivity contribution < 1.29 is 4.42 Å². The van der Waals surface area contributed by atoms with Crippen molar-refractivity contribution in [1.82, 2.24) is 0 Å². The molecule has 0 atom stereocenters. The van der Waals surface area contributed by atoms with Gasteiger partial charge in [0.1, 0.15) is 11.2 Å². The van der Waals surface area contributed by atoms with Crippen molar-refractivity contribution in [3.05, 3.63) is 71.8 Å². The molecule has 49 heavy (non-hydrogen) atoms. The molecular formula is C47H62OS. The number of thiophene rings is 1. The highest BCUT2D eigenvalue weighted by atomic mass is 32.1. The average molecular weight is 675 g/mol. The molecule has 262 valence electrons. The Morgan fingerprint density at radius 3 is 1.51 bits per heavy atom. The zero-order valence-electron chi connectivity index (χ0n) is 30.9. The van der Waals surface area contributed by atoms with Gasteiger partial charge in [-0.25, -0.2) is 0 Å². The summed E-state index contributed by atoms with van der Waals surface area (Å²) in [5, 5.41) is 7.76. The lowest BCUT2D eigenvalue weighted by Crippen LogP contribution is -1.87. The molecule has 0 saturated carbocycles. The Hall–Kier alpha value is -2.84. The molecule has 0 amide bonds. The van der Waals surface area contributed by atoms with E-state index in [2.05, 4.69) is 74.5 Å². The van der Waals surface area contributed by atoms with E-state index in [4.69, 9.17) is 4.42 Å². The highest BCUT2D eigenvalue weighted by Crippen LogP contribution is 2.42. The third-order valence-corrected chi connectivity index (χ3v) is 12.3. The molecule has 1 nitrogen and oxygen atoms in total. The summed E-state index contributed by atoms with van der Waals surface area (Å²) in [6.45, 7) is 4.46. The summed E-state index contributed by atoms with van der Waals surface area (Å²) in [6.07, 6.45) is 32.9. The quantitative estimate of drug-likeness (QED) is 0.0617.